The van der Waals surface area contributed by atoms with Gasteiger partial charge < -0.3 is 5.32 Å². The Morgan fingerprint density at radius 2 is 2.05 bits per heavy atom. The molecule has 2 unspecified atom stereocenters. The summed E-state index contributed by atoms with van der Waals surface area (Å²) in [7, 11) is -0.940. The molecule has 1 aromatic rings. The molecule has 0 fully saturated rings. The first-order chi connectivity index (χ1) is 8.70. The van der Waals surface area contributed by atoms with Gasteiger partial charge in [-0.05, 0) is 31.5 Å². The summed E-state index contributed by atoms with van der Waals surface area (Å²) >= 11 is 3.04. The molecule has 1 aromatic carbocycles. The molecule has 0 saturated carbocycles. The monoisotopic (exact) mass is 357 g/mol. The van der Waals surface area contributed by atoms with Gasteiger partial charge in [0, 0.05) is 39.0 Å². The maximum absolute atomic E-state index is 12.9. The van der Waals surface area contributed by atoms with Crippen LogP contribution in [0.3, 0.4) is 0 Å². The smallest absolute Gasteiger partial charge is 0.382 e. The fraction of sp³-hybridized carbons (Fsp3) is 0.500. The molecule has 0 radical (unpaired) electrons. The Morgan fingerprint density at radius 1 is 1.42 bits per heavy atom. The summed E-state index contributed by atoms with van der Waals surface area (Å²) in [5, 5.41) is 2.82. The van der Waals surface area contributed by atoms with Crippen LogP contribution in [0.1, 0.15) is 18.9 Å². The van der Waals surface area contributed by atoms with Gasteiger partial charge in [0.1, 0.15) is 0 Å². The lowest BCUT2D eigenvalue weighted by atomic mass is 10.1. The molecule has 0 heterocycles. The largest absolute Gasteiger partial charge is 0.418 e. The number of halogens is 4. The van der Waals surface area contributed by atoms with E-state index in [2.05, 4.69) is 21.2 Å². The topological polar surface area (TPSA) is 29.1 Å². The van der Waals surface area contributed by atoms with Crippen molar-refractivity contribution in [3.8, 4) is 0 Å². The standard InChI is InChI=1S/C12H15BrF3NOS/c1-8(5-6-19(2)18)17-11-4-3-9(13)7-10(11)12(14,15)16/h3-4,7-8,17H,5-6H2,1-2H3. The molecule has 108 valence electrons. The van der Waals surface area contributed by atoms with E-state index in [1.807, 2.05) is 0 Å². The molecule has 0 aliphatic rings. The van der Waals surface area contributed by atoms with Crippen molar-refractivity contribution in [2.75, 3.05) is 17.3 Å². The van der Waals surface area contributed by atoms with E-state index >= 15 is 0 Å². The molecule has 0 amide bonds. The van der Waals surface area contributed by atoms with Gasteiger partial charge in [-0.1, -0.05) is 15.9 Å². The first-order valence-electron chi connectivity index (χ1n) is 5.63. The van der Waals surface area contributed by atoms with Gasteiger partial charge in [0.15, 0.2) is 0 Å². The molecule has 19 heavy (non-hydrogen) atoms. The van der Waals surface area contributed by atoms with Crippen LogP contribution in [0.15, 0.2) is 22.7 Å². The predicted molar refractivity (Wildman–Crippen MR) is 75.8 cm³/mol. The van der Waals surface area contributed by atoms with E-state index in [4.69, 9.17) is 0 Å². The molecule has 2 atom stereocenters. The van der Waals surface area contributed by atoms with Crippen LogP contribution in [0, 0.1) is 0 Å². The number of anilines is 1. The lowest BCUT2D eigenvalue weighted by Crippen LogP contribution is -2.20. The van der Waals surface area contributed by atoms with E-state index in [-0.39, 0.29) is 11.7 Å². The minimum absolute atomic E-state index is 0.0464. The van der Waals surface area contributed by atoms with E-state index in [0.29, 0.717) is 16.6 Å². The number of rotatable bonds is 5. The Kier molecular flexibility index (Phi) is 5.85. The summed E-state index contributed by atoms with van der Waals surface area (Å²) in [5.74, 6) is 0.464. The van der Waals surface area contributed by atoms with Crippen molar-refractivity contribution < 1.29 is 17.4 Å². The third-order valence-corrected chi connectivity index (χ3v) is 3.83. The third-order valence-electron chi connectivity index (χ3n) is 2.53. The van der Waals surface area contributed by atoms with E-state index in [9.17, 15) is 17.4 Å². The Morgan fingerprint density at radius 3 is 2.58 bits per heavy atom. The fourth-order valence-corrected chi connectivity index (χ4v) is 2.60. The SMILES string of the molecule is CC(CCS(C)=O)Nc1ccc(Br)cc1C(F)(F)F. The fourth-order valence-electron chi connectivity index (χ4n) is 1.56. The minimum atomic E-state index is -4.40. The molecule has 1 rings (SSSR count). The molecule has 0 spiro atoms. The second kappa shape index (κ2) is 6.74. The maximum Gasteiger partial charge on any atom is 0.418 e. The van der Waals surface area contributed by atoms with Crippen LogP contribution in [0.4, 0.5) is 18.9 Å². The maximum atomic E-state index is 12.9. The highest BCUT2D eigenvalue weighted by atomic mass is 79.9. The molecular formula is C12H15BrF3NOS. The molecular weight excluding hydrogens is 343 g/mol. The number of benzene rings is 1. The van der Waals surface area contributed by atoms with Crippen LogP contribution in [-0.4, -0.2) is 22.3 Å². The normalized spacial score (nSPS) is 15.1. The van der Waals surface area contributed by atoms with Crippen molar-refractivity contribution in [1.29, 1.82) is 0 Å². The number of hydrogen-bond acceptors (Lipinski definition) is 2. The zero-order valence-corrected chi connectivity index (χ0v) is 13.0. The molecule has 0 aliphatic heterocycles. The zero-order chi connectivity index (χ0) is 14.6. The molecule has 0 bridgehead atoms. The average molecular weight is 358 g/mol. The van der Waals surface area contributed by atoms with Gasteiger partial charge in [0.2, 0.25) is 0 Å². The molecule has 0 aromatic heterocycles. The van der Waals surface area contributed by atoms with E-state index < -0.39 is 22.5 Å². The van der Waals surface area contributed by atoms with E-state index in [1.165, 1.54) is 6.07 Å². The lowest BCUT2D eigenvalue weighted by molar-refractivity contribution is -0.137. The van der Waals surface area contributed by atoms with Crippen molar-refractivity contribution >= 4 is 32.4 Å². The second-order valence-electron chi connectivity index (χ2n) is 4.30. The van der Waals surface area contributed by atoms with Crippen LogP contribution in [-0.2, 0) is 17.0 Å². The molecule has 7 heteroatoms. The first-order valence-corrected chi connectivity index (χ1v) is 8.15. The summed E-state index contributed by atoms with van der Waals surface area (Å²) in [5.41, 5.74) is -0.656. The van der Waals surface area contributed by atoms with Gasteiger partial charge >= 0.3 is 6.18 Å². The third kappa shape index (κ3) is 5.52. The highest BCUT2D eigenvalue weighted by Crippen LogP contribution is 2.36. The summed E-state index contributed by atoms with van der Waals surface area (Å²) in [6, 6.07) is 3.83. The van der Waals surface area contributed by atoms with Gasteiger partial charge in [-0.2, -0.15) is 13.2 Å². The van der Waals surface area contributed by atoms with Crippen LogP contribution in [0.2, 0.25) is 0 Å². The predicted octanol–water partition coefficient (Wildman–Crippen LogP) is 4.04. The van der Waals surface area contributed by atoms with Gasteiger partial charge in [-0.25, -0.2) is 0 Å². The van der Waals surface area contributed by atoms with Crippen LogP contribution < -0.4 is 5.32 Å². The summed E-state index contributed by atoms with van der Waals surface area (Å²) in [6.07, 6.45) is -2.27. The number of alkyl halides is 3. The summed E-state index contributed by atoms with van der Waals surface area (Å²) < 4.78 is 50.0. The quantitative estimate of drug-likeness (QED) is 0.861. The van der Waals surface area contributed by atoms with Crippen LogP contribution >= 0.6 is 15.9 Å². The Bertz CT molecular complexity index is 465. The van der Waals surface area contributed by atoms with Crippen molar-refractivity contribution in [3.63, 3.8) is 0 Å². The van der Waals surface area contributed by atoms with Crippen molar-refractivity contribution in [1.82, 2.24) is 0 Å². The average Bonchev–Trinajstić information content (AvgIpc) is 2.27. The number of nitrogens with one attached hydrogen (secondary N) is 1. The highest BCUT2D eigenvalue weighted by molar-refractivity contribution is 9.10. The van der Waals surface area contributed by atoms with Gasteiger partial charge in [0.25, 0.3) is 0 Å². The van der Waals surface area contributed by atoms with Crippen LogP contribution in [0.25, 0.3) is 0 Å². The van der Waals surface area contributed by atoms with Crippen molar-refractivity contribution in [2.24, 2.45) is 0 Å². The molecule has 0 saturated heterocycles. The van der Waals surface area contributed by atoms with E-state index in [0.717, 1.165) is 6.07 Å². The molecule has 2 nitrogen and oxygen atoms in total. The zero-order valence-electron chi connectivity index (χ0n) is 10.6. The number of hydrogen-bond donors (Lipinski definition) is 1. The molecule has 1 N–H and O–H groups in total. The van der Waals surface area contributed by atoms with Crippen molar-refractivity contribution in [3.05, 3.63) is 28.2 Å². The Hall–Kier alpha value is -0.560. The Balaban J connectivity index is 2.86. The van der Waals surface area contributed by atoms with Crippen LogP contribution in [0.5, 0.6) is 0 Å². The Labute approximate surface area is 121 Å². The highest BCUT2D eigenvalue weighted by Gasteiger charge is 2.33. The summed E-state index contributed by atoms with van der Waals surface area (Å²) in [4.78, 5) is 0. The minimum Gasteiger partial charge on any atom is -0.382 e. The molecule has 0 aliphatic carbocycles. The lowest BCUT2D eigenvalue weighted by Gasteiger charge is -2.19. The van der Waals surface area contributed by atoms with Gasteiger partial charge in [-0.3, -0.25) is 4.21 Å². The van der Waals surface area contributed by atoms with Gasteiger partial charge in [0.05, 0.1) is 5.56 Å². The first kappa shape index (κ1) is 16.5. The second-order valence-corrected chi connectivity index (χ2v) is 6.77. The van der Waals surface area contributed by atoms with Gasteiger partial charge in [-0.15, -0.1) is 0 Å². The van der Waals surface area contributed by atoms with E-state index in [1.54, 1.807) is 19.2 Å². The van der Waals surface area contributed by atoms with Crippen molar-refractivity contribution in [2.45, 2.75) is 25.6 Å². The summed E-state index contributed by atoms with van der Waals surface area (Å²) in [6.45, 7) is 1.77.